The van der Waals surface area contributed by atoms with Crippen molar-refractivity contribution in [1.82, 2.24) is 4.90 Å². The second-order valence-electron chi connectivity index (χ2n) is 8.14. The second kappa shape index (κ2) is 7.44. The number of hydrogen-bond acceptors (Lipinski definition) is 2. The minimum absolute atomic E-state index is 0.111. The molecule has 1 saturated heterocycles. The molecule has 1 fully saturated rings. The molecule has 146 valence electrons. The van der Waals surface area contributed by atoms with Gasteiger partial charge in [0.05, 0.1) is 6.04 Å². The molecule has 0 aromatic heterocycles. The van der Waals surface area contributed by atoms with Gasteiger partial charge in [0, 0.05) is 18.4 Å². The zero-order chi connectivity index (χ0) is 19.8. The number of rotatable bonds is 3. The van der Waals surface area contributed by atoms with Gasteiger partial charge < -0.3 is 4.74 Å². The van der Waals surface area contributed by atoms with Crippen LogP contribution in [0.1, 0.15) is 49.7 Å². The highest BCUT2D eigenvalue weighted by atomic mass is 16.6. The summed E-state index contributed by atoms with van der Waals surface area (Å²) in [7, 11) is 0. The maximum atomic E-state index is 13.0. The summed E-state index contributed by atoms with van der Waals surface area (Å²) in [5.74, 6) is 6.24. The van der Waals surface area contributed by atoms with E-state index in [0.29, 0.717) is 6.61 Å². The molecule has 5 rings (SSSR count). The molecule has 3 aliphatic rings. The van der Waals surface area contributed by atoms with Crippen LogP contribution < -0.4 is 0 Å². The molecule has 29 heavy (non-hydrogen) atoms. The number of carbonyl (C=O) groups is 1. The average Bonchev–Trinajstić information content (AvgIpc) is 3.22. The number of amides is 1. The molecule has 0 saturated carbocycles. The number of benzene rings is 2. The van der Waals surface area contributed by atoms with Crippen LogP contribution in [0.25, 0.3) is 11.1 Å². The summed E-state index contributed by atoms with van der Waals surface area (Å²) in [5.41, 5.74) is 6.39. The molecule has 2 atom stereocenters. The lowest BCUT2D eigenvalue weighted by molar-refractivity contribution is 0.0850. The zero-order valence-electron chi connectivity index (χ0n) is 16.7. The SMILES string of the molecule is CC#CCC1=CC2CCC(C1)N2C(=O)OCC1c2ccccc2-c2ccccc21. The molecule has 0 N–H and O–H groups in total. The molecule has 2 aromatic rings. The number of carbonyl (C=O) groups excluding carboxylic acids is 1. The summed E-state index contributed by atoms with van der Waals surface area (Å²) >= 11 is 0. The fourth-order valence-corrected chi connectivity index (χ4v) is 5.20. The van der Waals surface area contributed by atoms with Crippen molar-refractivity contribution >= 4 is 6.09 Å². The van der Waals surface area contributed by atoms with Crippen molar-refractivity contribution in [3.8, 4) is 23.0 Å². The predicted octanol–water partition coefficient (Wildman–Crippen LogP) is 5.51. The van der Waals surface area contributed by atoms with Gasteiger partial charge in [-0.05, 0) is 48.4 Å². The van der Waals surface area contributed by atoms with Crippen LogP contribution in [-0.2, 0) is 4.74 Å². The van der Waals surface area contributed by atoms with E-state index in [9.17, 15) is 4.79 Å². The summed E-state index contributed by atoms with van der Waals surface area (Å²) < 4.78 is 5.91. The van der Waals surface area contributed by atoms with Crippen LogP contribution in [0.15, 0.2) is 60.2 Å². The fraction of sp³-hybridized carbons (Fsp3) is 0.346. The molecule has 2 aliphatic heterocycles. The number of ether oxygens (including phenoxy) is 1. The first-order valence-electron chi connectivity index (χ1n) is 10.5. The topological polar surface area (TPSA) is 29.5 Å². The van der Waals surface area contributed by atoms with Crippen molar-refractivity contribution < 1.29 is 9.53 Å². The molecule has 1 aliphatic carbocycles. The van der Waals surface area contributed by atoms with Gasteiger partial charge in [-0.1, -0.05) is 66.1 Å². The van der Waals surface area contributed by atoms with Gasteiger partial charge in [-0.25, -0.2) is 4.79 Å². The van der Waals surface area contributed by atoms with E-state index in [1.807, 2.05) is 11.8 Å². The quantitative estimate of drug-likeness (QED) is 0.516. The summed E-state index contributed by atoms with van der Waals surface area (Å²) in [6.07, 6.45) is 5.90. The Balaban J connectivity index is 1.32. The van der Waals surface area contributed by atoms with E-state index in [1.165, 1.54) is 27.8 Å². The molecular weight excluding hydrogens is 358 g/mol. The van der Waals surface area contributed by atoms with Crippen LogP contribution >= 0.6 is 0 Å². The highest BCUT2D eigenvalue weighted by Crippen LogP contribution is 2.45. The minimum atomic E-state index is -0.170. The van der Waals surface area contributed by atoms with E-state index >= 15 is 0 Å². The predicted molar refractivity (Wildman–Crippen MR) is 114 cm³/mol. The first-order valence-corrected chi connectivity index (χ1v) is 10.5. The van der Waals surface area contributed by atoms with Gasteiger partial charge in [-0.2, -0.15) is 0 Å². The number of fused-ring (bicyclic) bond motifs is 5. The zero-order valence-corrected chi connectivity index (χ0v) is 16.7. The van der Waals surface area contributed by atoms with E-state index in [1.54, 1.807) is 0 Å². The number of nitrogens with zero attached hydrogens (tertiary/aromatic N) is 1. The molecule has 2 bridgehead atoms. The van der Waals surface area contributed by atoms with Gasteiger partial charge in [0.1, 0.15) is 6.61 Å². The lowest BCUT2D eigenvalue weighted by Gasteiger charge is -2.33. The molecule has 3 heteroatoms. The Morgan fingerprint density at radius 3 is 2.41 bits per heavy atom. The highest BCUT2D eigenvalue weighted by Gasteiger charge is 2.40. The molecule has 3 nitrogen and oxygen atoms in total. The van der Waals surface area contributed by atoms with Crippen LogP contribution in [0.2, 0.25) is 0 Å². The van der Waals surface area contributed by atoms with E-state index in [0.717, 1.165) is 25.7 Å². The minimum Gasteiger partial charge on any atom is -0.448 e. The maximum absolute atomic E-state index is 13.0. The van der Waals surface area contributed by atoms with Gasteiger partial charge >= 0.3 is 6.09 Å². The van der Waals surface area contributed by atoms with Crippen LogP contribution in [0.5, 0.6) is 0 Å². The fourth-order valence-electron chi connectivity index (χ4n) is 5.20. The van der Waals surface area contributed by atoms with Crippen molar-refractivity contribution in [2.24, 2.45) is 0 Å². The second-order valence-corrected chi connectivity index (χ2v) is 8.14. The highest BCUT2D eigenvalue weighted by molar-refractivity contribution is 5.79. The van der Waals surface area contributed by atoms with E-state index in [-0.39, 0.29) is 24.1 Å². The largest absolute Gasteiger partial charge is 0.448 e. The van der Waals surface area contributed by atoms with Crippen molar-refractivity contribution in [3.63, 3.8) is 0 Å². The van der Waals surface area contributed by atoms with Gasteiger partial charge in [0.25, 0.3) is 0 Å². The summed E-state index contributed by atoms with van der Waals surface area (Å²) in [5, 5.41) is 0. The normalized spacial score (nSPS) is 21.7. The third-order valence-corrected chi connectivity index (χ3v) is 6.51. The summed E-state index contributed by atoms with van der Waals surface area (Å²) in [4.78, 5) is 15.0. The summed E-state index contributed by atoms with van der Waals surface area (Å²) in [6.45, 7) is 2.27. The average molecular weight is 383 g/mol. The van der Waals surface area contributed by atoms with Crippen LogP contribution in [-0.4, -0.2) is 29.7 Å². The lowest BCUT2D eigenvalue weighted by Crippen LogP contribution is -2.43. The Bertz CT molecular complexity index is 996. The van der Waals surface area contributed by atoms with Gasteiger partial charge in [-0.15, -0.1) is 5.92 Å². The van der Waals surface area contributed by atoms with Crippen molar-refractivity contribution in [2.45, 2.75) is 50.6 Å². The maximum Gasteiger partial charge on any atom is 0.410 e. The molecule has 0 spiro atoms. The van der Waals surface area contributed by atoms with E-state index < -0.39 is 0 Å². The Labute approximate surface area is 172 Å². The number of hydrogen-bond donors (Lipinski definition) is 0. The molecule has 1 amide bonds. The summed E-state index contributed by atoms with van der Waals surface area (Å²) in [6, 6.07) is 17.3. The molecular formula is C26H25NO2. The first kappa shape index (κ1) is 18.1. The molecule has 2 heterocycles. The Kier molecular flexibility index (Phi) is 4.64. The van der Waals surface area contributed by atoms with E-state index in [2.05, 4.69) is 66.4 Å². The Morgan fingerprint density at radius 1 is 1.07 bits per heavy atom. The first-order chi connectivity index (χ1) is 14.3. The van der Waals surface area contributed by atoms with Crippen LogP contribution in [0, 0.1) is 11.8 Å². The third kappa shape index (κ3) is 3.13. The van der Waals surface area contributed by atoms with Crippen LogP contribution in [0.4, 0.5) is 4.79 Å². The Hall–Kier alpha value is -2.99. The van der Waals surface area contributed by atoms with E-state index in [4.69, 9.17) is 4.74 Å². The van der Waals surface area contributed by atoms with Crippen molar-refractivity contribution in [1.29, 1.82) is 0 Å². The third-order valence-electron chi connectivity index (χ3n) is 6.51. The van der Waals surface area contributed by atoms with Gasteiger partial charge in [0.2, 0.25) is 0 Å². The molecule has 2 unspecified atom stereocenters. The van der Waals surface area contributed by atoms with Crippen LogP contribution in [0.3, 0.4) is 0 Å². The van der Waals surface area contributed by atoms with Crippen molar-refractivity contribution in [3.05, 3.63) is 71.3 Å². The standard InChI is InChI=1S/C26H25NO2/c1-2-3-8-18-15-19-13-14-20(16-18)27(19)26(28)29-17-25-23-11-6-4-9-21(23)22-10-5-7-12-24(22)25/h4-7,9-12,15,19-20,25H,8,13-14,16-17H2,1H3. The monoisotopic (exact) mass is 383 g/mol. The molecule has 0 radical (unpaired) electrons. The molecule has 2 aromatic carbocycles. The van der Waals surface area contributed by atoms with Gasteiger partial charge in [0.15, 0.2) is 0 Å². The lowest BCUT2D eigenvalue weighted by atomic mass is 9.98. The smallest absolute Gasteiger partial charge is 0.410 e. The van der Waals surface area contributed by atoms with Crippen molar-refractivity contribution in [2.75, 3.05) is 6.61 Å². The Morgan fingerprint density at radius 2 is 1.76 bits per heavy atom. The van der Waals surface area contributed by atoms with Gasteiger partial charge in [-0.3, -0.25) is 4.90 Å².